The van der Waals surface area contributed by atoms with Crippen LogP contribution in [0.1, 0.15) is 18.4 Å². The van der Waals surface area contributed by atoms with E-state index >= 15 is 0 Å². The van der Waals surface area contributed by atoms with Crippen LogP contribution in [0.2, 0.25) is 5.02 Å². The normalized spacial score (nSPS) is 11.4. The number of aryl methyl sites for hydroxylation is 1. The van der Waals surface area contributed by atoms with E-state index in [1.807, 2.05) is 31.2 Å². The first kappa shape index (κ1) is 20.0. The van der Waals surface area contributed by atoms with E-state index in [9.17, 15) is 13.2 Å². The van der Waals surface area contributed by atoms with E-state index in [4.69, 9.17) is 16.0 Å². The SMILES string of the molecule is Cc1cccc(-c2nnc(NC(=O)CCCS(=O)(=O)c3ccc(Cl)cc3)o2)c1. The molecule has 0 aliphatic carbocycles. The van der Waals surface area contributed by atoms with Crippen molar-refractivity contribution in [3.05, 3.63) is 59.1 Å². The van der Waals surface area contributed by atoms with Crippen LogP contribution in [0, 0.1) is 6.92 Å². The van der Waals surface area contributed by atoms with Crippen LogP contribution in [0.25, 0.3) is 11.5 Å². The first-order valence-electron chi connectivity index (χ1n) is 8.52. The van der Waals surface area contributed by atoms with Crippen molar-refractivity contribution in [3.63, 3.8) is 0 Å². The molecule has 146 valence electrons. The summed E-state index contributed by atoms with van der Waals surface area (Å²) in [5.41, 5.74) is 1.80. The van der Waals surface area contributed by atoms with Crippen LogP contribution in [-0.4, -0.2) is 30.3 Å². The highest BCUT2D eigenvalue weighted by molar-refractivity contribution is 7.91. The number of nitrogens with one attached hydrogen (secondary N) is 1. The van der Waals surface area contributed by atoms with Crippen LogP contribution < -0.4 is 5.32 Å². The summed E-state index contributed by atoms with van der Waals surface area (Å²) in [6, 6.07) is 13.4. The summed E-state index contributed by atoms with van der Waals surface area (Å²) in [6.07, 6.45) is 0.171. The highest BCUT2D eigenvalue weighted by atomic mass is 35.5. The van der Waals surface area contributed by atoms with Crippen LogP contribution in [-0.2, 0) is 14.6 Å². The van der Waals surface area contributed by atoms with Gasteiger partial charge in [0.05, 0.1) is 10.6 Å². The van der Waals surface area contributed by atoms with Gasteiger partial charge in [0.15, 0.2) is 9.84 Å². The number of amides is 1. The lowest BCUT2D eigenvalue weighted by atomic mass is 10.1. The lowest BCUT2D eigenvalue weighted by Crippen LogP contribution is -2.14. The Balaban J connectivity index is 1.53. The van der Waals surface area contributed by atoms with Crippen LogP contribution in [0.5, 0.6) is 0 Å². The van der Waals surface area contributed by atoms with Gasteiger partial charge in [-0.1, -0.05) is 34.4 Å². The van der Waals surface area contributed by atoms with Gasteiger partial charge >= 0.3 is 6.01 Å². The predicted molar refractivity (Wildman–Crippen MR) is 106 cm³/mol. The second kappa shape index (κ2) is 8.53. The maximum absolute atomic E-state index is 12.3. The lowest BCUT2D eigenvalue weighted by Gasteiger charge is -2.04. The molecule has 0 radical (unpaired) electrons. The largest absolute Gasteiger partial charge is 0.403 e. The molecule has 0 bridgehead atoms. The molecule has 3 rings (SSSR count). The number of hydrogen-bond donors (Lipinski definition) is 1. The van der Waals surface area contributed by atoms with E-state index < -0.39 is 15.7 Å². The molecule has 0 aliphatic rings. The minimum absolute atomic E-state index is 0.00891. The van der Waals surface area contributed by atoms with Gasteiger partial charge in [-0.15, -0.1) is 5.10 Å². The number of sulfone groups is 1. The summed E-state index contributed by atoms with van der Waals surface area (Å²) in [7, 11) is -3.47. The zero-order valence-electron chi connectivity index (χ0n) is 15.1. The number of halogens is 1. The number of anilines is 1. The van der Waals surface area contributed by atoms with Gasteiger partial charge in [-0.25, -0.2) is 8.42 Å². The van der Waals surface area contributed by atoms with Gasteiger partial charge in [0, 0.05) is 17.0 Å². The van der Waals surface area contributed by atoms with Crippen LogP contribution in [0.3, 0.4) is 0 Å². The molecular formula is C19H18ClN3O4S. The number of hydrogen-bond acceptors (Lipinski definition) is 6. The molecule has 0 spiro atoms. The maximum Gasteiger partial charge on any atom is 0.322 e. The van der Waals surface area contributed by atoms with E-state index in [2.05, 4.69) is 15.5 Å². The third-order valence-electron chi connectivity index (χ3n) is 3.93. The first-order valence-corrected chi connectivity index (χ1v) is 10.6. The minimum Gasteiger partial charge on any atom is -0.403 e. The monoisotopic (exact) mass is 419 g/mol. The maximum atomic E-state index is 12.3. The van der Waals surface area contributed by atoms with Crippen molar-refractivity contribution in [1.82, 2.24) is 10.2 Å². The molecule has 1 N–H and O–H groups in total. The Labute approximate surface area is 167 Å². The highest BCUT2D eigenvalue weighted by Gasteiger charge is 2.16. The fraction of sp³-hybridized carbons (Fsp3) is 0.211. The second-order valence-electron chi connectivity index (χ2n) is 6.21. The minimum atomic E-state index is -3.47. The molecule has 1 heterocycles. The molecule has 0 unspecified atom stereocenters. The molecule has 9 heteroatoms. The van der Waals surface area contributed by atoms with Crippen LogP contribution in [0.4, 0.5) is 6.01 Å². The van der Waals surface area contributed by atoms with Crippen molar-refractivity contribution >= 4 is 33.4 Å². The van der Waals surface area contributed by atoms with Crippen LogP contribution >= 0.6 is 11.6 Å². The standard InChI is InChI=1S/C19H18ClN3O4S/c1-13-4-2-5-14(12-13)18-22-23-19(27-18)21-17(24)6-3-11-28(25,26)16-9-7-15(20)8-10-16/h2,4-5,7-10,12H,3,6,11H2,1H3,(H,21,23,24). The number of nitrogens with zero attached hydrogens (tertiary/aromatic N) is 2. The zero-order chi connectivity index (χ0) is 20.1. The van der Waals surface area contributed by atoms with E-state index in [1.165, 1.54) is 24.3 Å². The number of carbonyl (C=O) groups is 1. The average molecular weight is 420 g/mol. The van der Waals surface area contributed by atoms with E-state index in [-0.39, 0.29) is 29.5 Å². The van der Waals surface area contributed by atoms with Crippen molar-refractivity contribution in [1.29, 1.82) is 0 Å². The Bertz CT molecular complexity index is 1080. The Kier molecular flexibility index (Phi) is 6.11. The lowest BCUT2D eigenvalue weighted by molar-refractivity contribution is -0.116. The molecule has 28 heavy (non-hydrogen) atoms. The molecule has 0 fully saturated rings. The molecule has 0 saturated heterocycles. The van der Waals surface area contributed by atoms with Crippen LogP contribution in [0.15, 0.2) is 57.8 Å². The Morgan fingerprint density at radius 2 is 1.89 bits per heavy atom. The first-order chi connectivity index (χ1) is 13.3. The fourth-order valence-electron chi connectivity index (χ4n) is 2.53. The molecule has 7 nitrogen and oxygen atoms in total. The van der Waals surface area contributed by atoms with Crippen molar-refractivity contribution in [2.45, 2.75) is 24.7 Å². The summed E-state index contributed by atoms with van der Waals surface area (Å²) >= 11 is 5.77. The molecule has 0 aliphatic heterocycles. The second-order valence-corrected chi connectivity index (χ2v) is 8.75. The van der Waals surface area contributed by atoms with Gasteiger partial charge in [0.2, 0.25) is 11.8 Å². The predicted octanol–water partition coefficient (Wildman–Crippen LogP) is 3.89. The average Bonchev–Trinajstić information content (AvgIpc) is 3.10. The molecule has 0 atom stereocenters. The Morgan fingerprint density at radius 1 is 1.14 bits per heavy atom. The molecule has 0 saturated carbocycles. The van der Waals surface area contributed by atoms with Crippen molar-refractivity contribution in [2.75, 3.05) is 11.1 Å². The van der Waals surface area contributed by atoms with Gasteiger partial charge in [-0.3, -0.25) is 10.1 Å². The van der Waals surface area contributed by atoms with Gasteiger partial charge in [0.1, 0.15) is 0 Å². The summed E-state index contributed by atoms with van der Waals surface area (Å²) in [5.74, 6) is -0.254. The number of rotatable bonds is 7. The van der Waals surface area contributed by atoms with Gasteiger partial charge < -0.3 is 4.42 Å². The third-order valence-corrected chi connectivity index (χ3v) is 5.99. The summed E-state index contributed by atoms with van der Waals surface area (Å²) in [6.45, 7) is 1.95. The van der Waals surface area contributed by atoms with Gasteiger partial charge in [0.25, 0.3) is 0 Å². The zero-order valence-corrected chi connectivity index (χ0v) is 16.6. The smallest absolute Gasteiger partial charge is 0.322 e. The topological polar surface area (TPSA) is 102 Å². The molecular weight excluding hydrogens is 402 g/mol. The van der Waals surface area contributed by atoms with E-state index in [1.54, 1.807) is 0 Å². The number of benzene rings is 2. The Morgan fingerprint density at radius 3 is 2.61 bits per heavy atom. The third kappa shape index (κ3) is 5.17. The van der Waals surface area contributed by atoms with Gasteiger partial charge in [-0.2, -0.15) is 0 Å². The number of aromatic nitrogens is 2. The highest BCUT2D eigenvalue weighted by Crippen LogP contribution is 2.21. The molecule has 1 amide bonds. The summed E-state index contributed by atoms with van der Waals surface area (Å²) in [4.78, 5) is 12.2. The summed E-state index contributed by atoms with van der Waals surface area (Å²) < 4.78 is 29.9. The molecule has 1 aromatic heterocycles. The van der Waals surface area contributed by atoms with Crippen molar-refractivity contribution in [3.8, 4) is 11.5 Å². The quantitative estimate of drug-likeness (QED) is 0.623. The van der Waals surface area contributed by atoms with Crippen molar-refractivity contribution in [2.24, 2.45) is 0 Å². The number of carbonyl (C=O) groups excluding carboxylic acids is 1. The van der Waals surface area contributed by atoms with Crippen molar-refractivity contribution < 1.29 is 17.6 Å². The van der Waals surface area contributed by atoms with E-state index in [0.29, 0.717) is 10.9 Å². The molecule has 2 aromatic carbocycles. The van der Waals surface area contributed by atoms with E-state index in [0.717, 1.165) is 11.1 Å². The molecule has 3 aromatic rings. The van der Waals surface area contributed by atoms with Gasteiger partial charge in [-0.05, 0) is 49.7 Å². The Hall–Kier alpha value is -2.71. The summed E-state index contributed by atoms with van der Waals surface area (Å²) in [5, 5.41) is 10.7. The fourth-order valence-corrected chi connectivity index (χ4v) is 3.97.